The zero-order chi connectivity index (χ0) is 33.8. The van der Waals surface area contributed by atoms with Crippen molar-refractivity contribution in [2.45, 2.75) is 44.7 Å². The second kappa shape index (κ2) is 14.9. The number of ether oxygens (including phenoxy) is 3. The van der Waals surface area contributed by atoms with E-state index in [1.54, 1.807) is 34.5 Å². The van der Waals surface area contributed by atoms with Crippen LogP contribution in [0.5, 0.6) is 5.75 Å². The molecule has 0 spiro atoms. The van der Waals surface area contributed by atoms with E-state index >= 15 is 0 Å². The minimum absolute atomic E-state index is 0.280. The Morgan fingerprint density at radius 3 is 2.37 bits per heavy atom. The van der Waals surface area contributed by atoms with Crippen molar-refractivity contribution in [3.8, 4) is 5.75 Å². The van der Waals surface area contributed by atoms with Crippen LogP contribution in [0.15, 0.2) is 96.0 Å². The van der Waals surface area contributed by atoms with E-state index in [0.29, 0.717) is 34.9 Å². The van der Waals surface area contributed by atoms with Gasteiger partial charge in [0.05, 0.1) is 17.3 Å². The molecule has 7 rings (SSSR count). The van der Waals surface area contributed by atoms with Crippen LogP contribution in [0, 0.1) is 0 Å². The number of aromatic nitrogens is 4. The first kappa shape index (κ1) is 33.6. The molecule has 2 saturated heterocycles. The van der Waals surface area contributed by atoms with Crippen molar-refractivity contribution in [2.75, 3.05) is 49.2 Å². The van der Waals surface area contributed by atoms with Gasteiger partial charge in [-0.3, -0.25) is 0 Å². The molecule has 0 N–H and O–H groups in total. The van der Waals surface area contributed by atoms with E-state index in [0.717, 1.165) is 48.8 Å². The zero-order valence-electron chi connectivity index (χ0n) is 27.5. The molecule has 3 atom stereocenters. The number of benzene rings is 3. The summed E-state index contributed by atoms with van der Waals surface area (Å²) in [6, 6.07) is 22.6. The van der Waals surface area contributed by atoms with Gasteiger partial charge in [0, 0.05) is 65.8 Å². The predicted octanol–water partition coefficient (Wildman–Crippen LogP) is 7.33. The first-order valence-electron chi connectivity index (χ1n) is 16.5. The van der Waals surface area contributed by atoms with Crippen molar-refractivity contribution in [1.82, 2.24) is 19.3 Å². The van der Waals surface area contributed by atoms with Crippen molar-refractivity contribution in [2.24, 2.45) is 4.99 Å². The molecule has 0 bridgehead atoms. The Hall–Kier alpha value is -3.87. The Labute approximate surface area is 300 Å². The average molecular weight is 721 g/mol. The Morgan fingerprint density at radius 1 is 1.00 bits per heavy atom. The van der Waals surface area contributed by atoms with Crippen LogP contribution in [0.25, 0.3) is 0 Å². The fraction of sp³-hybridized carbons (Fsp3) is 0.361. The molecule has 3 unspecified atom stereocenters. The fourth-order valence-electron chi connectivity index (χ4n) is 6.19. The first-order chi connectivity index (χ1) is 23.9. The number of halogens is 2. The Morgan fingerprint density at radius 2 is 1.71 bits per heavy atom. The standard InChI is InChI=1S/C36H39Cl2N7O3S/c1-3-26(2)45-18-19-49-35(45)41-28-5-7-29(8-6-28)42-14-16-43(17-15-42)30-9-11-31(12-10-30)46-21-32-22-47-36(48-32,23-44-25-39-24-40-44)33-13-4-27(37)20-34(33)38/h4-13,18-20,24-26,32H,3,14-17,21-23H2,1-2H3. The molecule has 256 valence electrons. The fourth-order valence-corrected chi connectivity index (χ4v) is 7.58. The van der Waals surface area contributed by atoms with Crippen molar-refractivity contribution in [1.29, 1.82) is 0 Å². The maximum Gasteiger partial charge on any atom is 0.217 e. The highest BCUT2D eigenvalue weighted by Gasteiger charge is 2.45. The highest BCUT2D eigenvalue weighted by molar-refractivity contribution is 7.07. The monoisotopic (exact) mass is 719 g/mol. The zero-order valence-corrected chi connectivity index (χ0v) is 29.8. The lowest BCUT2D eigenvalue weighted by Crippen LogP contribution is -2.46. The van der Waals surface area contributed by atoms with E-state index in [1.807, 2.05) is 18.2 Å². The molecule has 13 heteroatoms. The second-order valence-electron chi connectivity index (χ2n) is 12.3. The topological polar surface area (TPSA) is 82.2 Å². The molecular formula is C36H39Cl2N7O3S. The van der Waals surface area contributed by atoms with Crippen LogP contribution in [0.2, 0.25) is 10.0 Å². The third kappa shape index (κ3) is 7.66. The molecule has 5 aromatic rings. The molecular weight excluding hydrogens is 681 g/mol. The molecule has 2 aliphatic rings. The van der Waals surface area contributed by atoms with Gasteiger partial charge in [-0.25, -0.2) is 14.7 Å². The molecule has 2 aromatic heterocycles. The summed E-state index contributed by atoms with van der Waals surface area (Å²) in [5, 5.41) is 7.34. The van der Waals surface area contributed by atoms with Crippen LogP contribution >= 0.6 is 34.5 Å². The number of nitrogens with zero attached hydrogens (tertiary/aromatic N) is 7. The number of hydrogen-bond donors (Lipinski definition) is 0. The summed E-state index contributed by atoms with van der Waals surface area (Å²) in [5.41, 5.74) is 4.06. The minimum atomic E-state index is -1.15. The maximum atomic E-state index is 6.59. The third-order valence-corrected chi connectivity index (χ3v) is 10.4. The number of thiazole rings is 1. The highest BCUT2D eigenvalue weighted by Crippen LogP contribution is 2.40. The van der Waals surface area contributed by atoms with Crippen LogP contribution in [0.1, 0.15) is 31.9 Å². The Bertz CT molecular complexity index is 1890. The lowest BCUT2D eigenvalue weighted by atomic mass is 10.1. The van der Waals surface area contributed by atoms with Crippen LogP contribution < -0.4 is 19.3 Å². The van der Waals surface area contributed by atoms with Crippen molar-refractivity contribution >= 4 is 51.6 Å². The predicted molar refractivity (Wildman–Crippen MR) is 194 cm³/mol. The average Bonchev–Trinajstić information content (AvgIpc) is 3.90. The van der Waals surface area contributed by atoms with Gasteiger partial charge >= 0.3 is 0 Å². The molecule has 0 radical (unpaired) electrons. The third-order valence-electron chi connectivity index (χ3n) is 9.08. The van der Waals surface area contributed by atoms with E-state index in [2.05, 4.69) is 86.3 Å². The first-order valence-corrected chi connectivity index (χ1v) is 18.2. The summed E-state index contributed by atoms with van der Waals surface area (Å²) < 4.78 is 22.8. The van der Waals surface area contributed by atoms with E-state index < -0.39 is 5.79 Å². The molecule has 49 heavy (non-hydrogen) atoms. The number of anilines is 2. The van der Waals surface area contributed by atoms with E-state index in [-0.39, 0.29) is 12.6 Å². The Kier molecular flexibility index (Phi) is 10.2. The van der Waals surface area contributed by atoms with Crippen LogP contribution in [0.4, 0.5) is 17.1 Å². The maximum absolute atomic E-state index is 6.59. The van der Waals surface area contributed by atoms with Crippen LogP contribution in [0.3, 0.4) is 0 Å². The molecule has 0 aliphatic carbocycles. The summed E-state index contributed by atoms with van der Waals surface area (Å²) in [7, 11) is 0. The van der Waals surface area contributed by atoms with Crippen LogP contribution in [-0.4, -0.2) is 64.8 Å². The van der Waals surface area contributed by atoms with Gasteiger partial charge in [0.15, 0.2) is 4.80 Å². The van der Waals surface area contributed by atoms with Gasteiger partial charge in [-0.2, -0.15) is 5.10 Å². The molecule has 2 fully saturated rings. The highest BCUT2D eigenvalue weighted by atomic mass is 35.5. The summed E-state index contributed by atoms with van der Waals surface area (Å²) in [6.45, 7) is 9.13. The van der Waals surface area contributed by atoms with Gasteiger partial charge in [0.2, 0.25) is 5.79 Å². The molecule has 10 nitrogen and oxygen atoms in total. The quantitative estimate of drug-likeness (QED) is 0.141. The van der Waals surface area contributed by atoms with Gasteiger partial charge in [-0.05, 0) is 74.0 Å². The second-order valence-corrected chi connectivity index (χ2v) is 14.0. The lowest BCUT2D eigenvalue weighted by Gasteiger charge is -2.37. The largest absolute Gasteiger partial charge is 0.491 e. The van der Waals surface area contributed by atoms with Crippen molar-refractivity contribution < 1.29 is 14.2 Å². The summed E-state index contributed by atoms with van der Waals surface area (Å²) >= 11 is 14.4. The number of hydrogen-bond acceptors (Lipinski definition) is 9. The van der Waals surface area contributed by atoms with Gasteiger partial charge in [0.1, 0.15) is 37.7 Å². The van der Waals surface area contributed by atoms with Gasteiger partial charge in [-0.1, -0.05) is 36.2 Å². The summed E-state index contributed by atoms with van der Waals surface area (Å²) in [5.74, 6) is -0.375. The number of piperazine rings is 1. The molecule has 3 aromatic carbocycles. The smallest absolute Gasteiger partial charge is 0.217 e. The van der Waals surface area contributed by atoms with E-state index in [9.17, 15) is 0 Å². The van der Waals surface area contributed by atoms with Crippen molar-refractivity contribution in [3.63, 3.8) is 0 Å². The normalized spacial score (nSPS) is 20.6. The summed E-state index contributed by atoms with van der Waals surface area (Å²) in [6.07, 6.45) is 5.98. The van der Waals surface area contributed by atoms with Gasteiger partial charge in [0.25, 0.3) is 0 Å². The van der Waals surface area contributed by atoms with Crippen LogP contribution in [-0.2, 0) is 21.8 Å². The molecule has 0 saturated carbocycles. The lowest BCUT2D eigenvalue weighted by molar-refractivity contribution is -0.190. The minimum Gasteiger partial charge on any atom is -0.491 e. The summed E-state index contributed by atoms with van der Waals surface area (Å²) in [4.78, 5) is 14.8. The van der Waals surface area contributed by atoms with Gasteiger partial charge in [-0.15, -0.1) is 11.3 Å². The molecule has 4 heterocycles. The van der Waals surface area contributed by atoms with Gasteiger partial charge < -0.3 is 28.6 Å². The molecule has 0 amide bonds. The molecule has 2 aliphatic heterocycles. The number of rotatable bonds is 11. The van der Waals surface area contributed by atoms with Crippen molar-refractivity contribution in [3.05, 3.63) is 111 Å². The van der Waals surface area contributed by atoms with E-state index in [1.165, 1.54) is 17.7 Å². The SMILES string of the molecule is CCC(C)n1ccsc1=Nc1ccc(N2CCN(c3ccc(OCC4COC(Cn5cncn5)(c5ccc(Cl)cc5Cl)O4)cc3)CC2)cc1. The Balaban J connectivity index is 0.923. The van der Waals surface area contributed by atoms with E-state index in [4.69, 9.17) is 42.4 Å².